The lowest BCUT2D eigenvalue weighted by atomic mass is 10.1. The summed E-state index contributed by atoms with van der Waals surface area (Å²) in [6, 6.07) is 14.9. The van der Waals surface area contributed by atoms with Crippen molar-refractivity contribution in [1.82, 2.24) is 4.90 Å². The Balaban J connectivity index is 1.76. The number of benzene rings is 1. The first kappa shape index (κ1) is 17.1. The van der Waals surface area contributed by atoms with Crippen molar-refractivity contribution < 1.29 is 0 Å². The van der Waals surface area contributed by atoms with Crippen LogP contribution in [0.15, 0.2) is 53.2 Å². The Morgan fingerprint density at radius 3 is 1.96 bits per heavy atom. The van der Waals surface area contributed by atoms with Gasteiger partial charge in [-0.1, -0.05) is 18.2 Å². The van der Waals surface area contributed by atoms with Crippen LogP contribution in [0.4, 0.5) is 5.69 Å². The highest BCUT2D eigenvalue weighted by atomic mass is 32.1. The number of nitrogens with zero attached hydrogens (tertiary/aromatic N) is 1. The van der Waals surface area contributed by atoms with E-state index in [-0.39, 0.29) is 0 Å². The van der Waals surface area contributed by atoms with Gasteiger partial charge in [-0.2, -0.15) is 0 Å². The molecule has 0 aliphatic heterocycles. The highest BCUT2D eigenvalue weighted by molar-refractivity contribution is 7.80. The normalized spacial score (nSPS) is 10.6. The molecule has 0 fully saturated rings. The van der Waals surface area contributed by atoms with Crippen LogP contribution < -0.4 is 5.32 Å². The number of anilines is 1. The number of rotatable bonds is 5. The molecule has 24 heavy (non-hydrogen) atoms. The molecule has 2 heterocycles. The summed E-state index contributed by atoms with van der Waals surface area (Å²) < 4.78 is 0. The monoisotopic (exact) mass is 372 g/mol. The number of nitrogens with one attached hydrogen (secondary N) is 1. The number of thiocarbonyl (C=S) groups is 1. The summed E-state index contributed by atoms with van der Waals surface area (Å²) in [7, 11) is 0. The van der Waals surface area contributed by atoms with Crippen LogP contribution in [0.25, 0.3) is 0 Å². The number of aryl methyl sites for hydroxylation is 2. The molecule has 124 valence electrons. The second kappa shape index (κ2) is 7.92. The molecule has 1 aromatic carbocycles. The summed E-state index contributed by atoms with van der Waals surface area (Å²) in [5, 5.41) is 8.40. The molecule has 0 aliphatic rings. The third-order valence-corrected chi connectivity index (χ3v) is 5.70. The SMILES string of the molecule is Cc1cc(C)cc(NC(=S)N(Cc2cccs2)Cc2cccs2)c1. The van der Waals surface area contributed by atoms with Gasteiger partial charge in [-0.25, -0.2) is 0 Å². The molecule has 5 heteroatoms. The average Bonchev–Trinajstić information content (AvgIpc) is 3.19. The average molecular weight is 373 g/mol. The van der Waals surface area contributed by atoms with E-state index >= 15 is 0 Å². The van der Waals surface area contributed by atoms with E-state index in [9.17, 15) is 0 Å². The fourth-order valence-corrected chi connectivity index (χ4v) is 4.32. The van der Waals surface area contributed by atoms with Crippen molar-refractivity contribution in [3.05, 3.63) is 74.1 Å². The van der Waals surface area contributed by atoms with Gasteiger partial charge < -0.3 is 10.2 Å². The molecule has 3 aromatic rings. The van der Waals surface area contributed by atoms with Crippen LogP contribution in [0.2, 0.25) is 0 Å². The van der Waals surface area contributed by atoms with Gasteiger partial charge in [0.05, 0.1) is 13.1 Å². The molecule has 0 aliphatic carbocycles. The molecular weight excluding hydrogens is 352 g/mol. The van der Waals surface area contributed by atoms with Crippen molar-refractivity contribution in [2.24, 2.45) is 0 Å². The van der Waals surface area contributed by atoms with Crippen molar-refractivity contribution in [1.29, 1.82) is 0 Å². The fourth-order valence-electron chi connectivity index (χ4n) is 2.63. The van der Waals surface area contributed by atoms with Crippen LogP contribution in [-0.4, -0.2) is 10.0 Å². The lowest BCUT2D eigenvalue weighted by molar-refractivity contribution is 0.420. The van der Waals surface area contributed by atoms with E-state index in [0.29, 0.717) is 0 Å². The molecule has 2 aromatic heterocycles. The van der Waals surface area contributed by atoms with E-state index in [0.717, 1.165) is 23.9 Å². The summed E-state index contributed by atoms with van der Waals surface area (Å²) in [6.07, 6.45) is 0. The summed E-state index contributed by atoms with van der Waals surface area (Å²) in [6.45, 7) is 5.87. The number of hydrogen-bond donors (Lipinski definition) is 1. The highest BCUT2D eigenvalue weighted by Gasteiger charge is 2.13. The van der Waals surface area contributed by atoms with E-state index in [1.807, 2.05) is 0 Å². The van der Waals surface area contributed by atoms with Crippen LogP contribution in [-0.2, 0) is 13.1 Å². The first-order valence-electron chi connectivity index (χ1n) is 7.79. The Bertz CT molecular complexity index is 736. The molecule has 0 saturated heterocycles. The van der Waals surface area contributed by atoms with Gasteiger partial charge in [0.1, 0.15) is 0 Å². The molecule has 0 amide bonds. The van der Waals surface area contributed by atoms with E-state index in [4.69, 9.17) is 12.2 Å². The Kier molecular flexibility index (Phi) is 5.66. The Hall–Kier alpha value is -1.69. The maximum Gasteiger partial charge on any atom is 0.174 e. The van der Waals surface area contributed by atoms with Crippen LogP contribution in [0.5, 0.6) is 0 Å². The molecule has 0 radical (unpaired) electrons. The topological polar surface area (TPSA) is 15.3 Å². The highest BCUT2D eigenvalue weighted by Crippen LogP contribution is 2.20. The minimum absolute atomic E-state index is 0.766. The fraction of sp³-hybridized carbons (Fsp3) is 0.211. The van der Waals surface area contributed by atoms with Crippen molar-refractivity contribution in [3.8, 4) is 0 Å². The maximum absolute atomic E-state index is 5.71. The zero-order chi connectivity index (χ0) is 16.9. The molecular formula is C19H20N2S3. The molecule has 0 atom stereocenters. The van der Waals surface area contributed by atoms with Crippen molar-refractivity contribution in [2.75, 3.05) is 5.32 Å². The van der Waals surface area contributed by atoms with Gasteiger partial charge in [-0.15, -0.1) is 22.7 Å². The van der Waals surface area contributed by atoms with E-state index in [2.05, 4.69) is 77.3 Å². The van der Waals surface area contributed by atoms with Crippen molar-refractivity contribution in [3.63, 3.8) is 0 Å². The van der Waals surface area contributed by atoms with Gasteiger partial charge >= 0.3 is 0 Å². The molecule has 0 unspecified atom stereocenters. The van der Waals surface area contributed by atoms with E-state index < -0.39 is 0 Å². The third-order valence-electron chi connectivity index (χ3n) is 3.61. The molecule has 0 bridgehead atoms. The molecule has 0 spiro atoms. The summed E-state index contributed by atoms with van der Waals surface area (Å²) >= 11 is 9.25. The van der Waals surface area contributed by atoms with Crippen molar-refractivity contribution >= 4 is 45.7 Å². The predicted octanol–water partition coefficient (Wildman–Crippen LogP) is 5.83. The minimum Gasteiger partial charge on any atom is -0.339 e. The molecule has 1 N–H and O–H groups in total. The lowest BCUT2D eigenvalue weighted by Crippen LogP contribution is -2.33. The summed E-state index contributed by atoms with van der Waals surface area (Å²) in [5.74, 6) is 0. The maximum atomic E-state index is 5.71. The van der Waals surface area contributed by atoms with Gasteiger partial charge in [-0.05, 0) is 72.2 Å². The van der Waals surface area contributed by atoms with Crippen LogP contribution >= 0.6 is 34.9 Å². The molecule has 2 nitrogen and oxygen atoms in total. The lowest BCUT2D eigenvalue weighted by Gasteiger charge is -2.25. The second-order valence-electron chi connectivity index (χ2n) is 5.82. The van der Waals surface area contributed by atoms with E-state index in [1.165, 1.54) is 20.9 Å². The Morgan fingerprint density at radius 1 is 0.958 bits per heavy atom. The second-order valence-corrected chi connectivity index (χ2v) is 8.27. The first-order valence-corrected chi connectivity index (χ1v) is 9.96. The molecule has 0 saturated carbocycles. The number of hydrogen-bond acceptors (Lipinski definition) is 3. The number of thiophene rings is 2. The van der Waals surface area contributed by atoms with Gasteiger partial charge in [-0.3, -0.25) is 0 Å². The smallest absolute Gasteiger partial charge is 0.174 e. The van der Waals surface area contributed by atoms with Gasteiger partial charge in [0.2, 0.25) is 0 Å². The summed E-state index contributed by atoms with van der Waals surface area (Å²) in [4.78, 5) is 4.86. The third kappa shape index (κ3) is 4.66. The zero-order valence-corrected chi connectivity index (χ0v) is 16.2. The van der Waals surface area contributed by atoms with Gasteiger partial charge in [0.15, 0.2) is 5.11 Å². The predicted molar refractivity (Wildman–Crippen MR) is 110 cm³/mol. The standard InChI is InChI=1S/C19H20N2S3/c1-14-9-15(2)11-16(10-14)20-19(22)21(12-17-5-3-7-23-17)13-18-6-4-8-24-18/h3-11H,12-13H2,1-2H3,(H,20,22). The van der Waals surface area contributed by atoms with E-state index in [1.54, 1.807) is 22.7 Å². The van der Waals surface area contributed by atoms with Gasteiger partial charge in [0, 0.05) is 15.4 Å². The van der Waals surface area contributed by atoms with Crippen LogP contribution in [0.3, 0.4) is 0 Å². The quantitative estimate of drug-likeness (QED) is 0.568. The Labute approximate surface area is 156 Å². The van der Waals surface area contributed by atoms with Crippen LogP contribution in [0.1, 0.15) is 20.9 Å². The Morgan fingerprint density at radius 2 is 1.50 bits per heavy atom. The largest absolute Gasteiger partial charge is 0.339 e. The minimum atomic E-state index is 0.766. The van der Waals surface area contributed by atoms with Crippen LogP contribution in [0, 0.1) is 13.8 Å². The summed E-state index contributed by atoms with van der Waals surface area (Å²) in [5.41, 5.74) is 3.53. The first-order chi connectivity index (χ1) is 11.6. The zero-order valence-electron chi connectivity index (χ0n) is 13.8. The van der Waals surface area contributed by atoms with Gasteiger partial charge in [0.25, 0.3) is 0 Å². The molecule has 3 rings (SSSR count). The van der Waals surface area contributed by atoms with Crippen molar-refractivity contribution in [2.45, 2.75) is 26.9 Å².